The molecule has 0 aliphatic carbocycles. The lowest BCUT2D eigenvalue weighted by Crippen LogP contribution is -2.36. The second kappa shape index (κ2) is 7.53. The molecule has 0 aromatic heterocycles. The molecule has 2 N–H and O–H groups in total. The molecule has 0 aliphatic heterocycles. The van der Waals surface area contributed by atoms with Crippen molar-refractivity contribution in [2.45, 2.75) is 18.7 Å². The maximum absolute atomic E-state index is 12.1. The lowest BCUT2D eigenvalue weighted by Gasteiger charge is -2.10. The van der Waals surface area contributed by atoms with E-state index in [-0.39, 0.29) is 29.8 Å². The van der Waals surface area contributed by atoms with Crippen LogP contribution in [0.5, 0.6) is 0 Å². The van der Waals surface area contributed by atoms with Crippen molar-refractivity contribution < 1.29 is 13.2 Å². The van der Waals surface area contributed by atoms with E-state index < -0.39 is 10.0 Å². The summed E-state index contributed by atoms with van der Waals surface area (Å²) >= 11 is 6.48. The van der Waals surface area contributed by atoms with Gasteiger partial charge in [0.1, 0.15) is 0 Å². The van der Waals surface area contributed by atoms with Crippen molar-refractivity contribution in [1.29, 1.82) is 0 Å². The van der Waals surface area contributed by atoms with Gasteiger partial charge in [-0.15, -0.1) is 0 Å². The molecule has 0 atom stereocenters. The van der Waals surface area contributed by atoms with Crippen molar-refractivity contribution in [2.75, 3.05) is 13.1 Å². The smallest absolute Gasteiger partial charge is 0.241 e. The molecule has 0 bridgehead atoms. The van der Waals surface area contributed by atoms with Crippen LogP contribution >= 0.6 is 31.9 Å². The van der Waals surface area contributed by atoms with Crippen LogP contribution in [0.4, 0.5) is 0 Å². The highest BCUT2D eigenvalue weighted by molar-refractivity contribution is 9.11. The van der Waals surface area contributed by atoms with Gasteiger partial charge in [-0.1, -0.05) is 29.8 Å². The topological polar surface area (TPSA) is 75.3 Å². The van der Waals surface area contributed by atoms with Crippen LogP contribution in [-0.4, -0.2) is 27.4 Å². The van der Waals surface area contributed by atoms with Gasteiger partial charge >= 0.3 is 0 Å². The van der Waals surface area contributed by atoms with Gasteiger partial charge in [-0.2, -0.15) is 0 Å². The highest BCUT2D eigenvalue weighted by atomic mass is 79.9. The molecule has 20 heavy (non-hydrogen) atoms. The van der Waals surface area contributed by atoms with Crippen molar-refractivity contribution in [2.24, 2.45) is 5.92 Å². The fourth-order valence-corrected chi connectivity index (χ4v) is 4.12. The summed E-state index contributed by atoms with van der Waals surface area (Å²) in [5, 5.41) is 2.64. The molecule has 1 aromatic carbocycles. The predicted octanol–water partition coefficient (Wildman–Crippen LogP) is 2.26. The molecule has 5 nitrogen and oxygen atoms in total. The van der Waals surface area contributed by atoms with Crippen LogP contribution < -0.4 is 10.0 Å². The summed E-state index contributed by atoms with van der Waals surface area (Å²) in [6.07, 6.45) is 0. The summed E-state index contributed by atoms with van der Waals surface area (Å²) in [6, 6.07) is 4.82. The average Bonchev–Trinajstić information content (AvgIpc) is 2.33. The Morgan fingerprint density at radius 2 is 1.90 bits per heavy atom. The number of benzene rings is 1. The zero-order chi connectivity index (χ0) is 15.3. The molecule has 1 amide bonds. The summed E-state index contributed by atoms with van der Waals surface area (Å²) in [5.41, 5.74) is 0. The summed E-state index contributed by atoms with van der Waals surface area (Å²) in [5.74, 6) is -0.221. The second-order valence-electron chi connectivity index (χ2n) is 4.42. The molecule has 0 aliphatic rings. The van der Waals surface area contributed by atoms with Gasteiger partial charge in [-0.25, -0.2) is 13.1 Å². The first-order chi connectivity index (χ1) is 9.24. The maximum atomic E-state index is 12.1. The summed E-state index contributed by atoms with van der Waals surface area (Å²) < 4.78 is 27.9. The first kappa shape index (κ1) is 17.6. The zero-order valence-electron chi connectivity index (χ0n) is 11.1. The third-order valence-corrected chi connectivity index (χ3v) is 5.36. The number of carbonyl (C=O) groups is 1. The molecule has 112 valence electrons. The van der Waals surface area contributed by atoms with Crippen LogP contribution in [-0.2, 0) is 14.8 Å². The number of rotatable bonds is 6. The molecule has 0 spiro atoms. The second-order valence-corrected chi connectivity index (χ2v) is 7.92. The van der Waals surface area contributed by atoms with Crippen LogP contribution in [0.2, 0.25) is 0 Å². The first-order valence-electron chi connectivity index (χ1n) is 5.96. The Kier molecular flexibility index (Phi) is 6.63. The fourth-order valence-electron chi connectivity index (χ4n) is 1.35. The van der Waals surface area contributed by atoms with Crippen molar-refractivity contribution in [3.05, 3.63) is 27.1 Å². The minimum absolute atomic E-state index is 0.103. The van der Waals surface area contributed by atoms with E-state index in [0.717, 1.165) is 4.47 Å². The maximum Gasteiger partial charge on any atom is 0.241 e. The number of carbonyl (C=O) groups excluding carboxylic acids is 1. The van der Waals surface area contributed by atoms with Crippen molar-refractivity contribution in [1.82, 2.24) is 10.0 Å². The van der Waals surface area contributed by atoms with Crippen molar-refractivity contribution in [3.63, 3.8) is 0 Å². The van der Waals surface area contributed by atoms with E-state index >= 15 is 0 Å². The Balaban J connectivity index is 2.60. The monoisotopic (exact) mass is 426 g/mol. The molecule has 1 aromatic rings. The number of hydrogen-bond donors (Lipinski definition) is 2. The van der Waals surface area contributed by atoms with Crippen LogP contribution in [0.15, 0.2) is 32.0 Å². The molecule has 8 heteroatoms. The lowest BCUT2D eigenvalue weighted by molar-refractivity contribution is -0.123. The van der Waals surface area contributed by atoms with Gasteiger partial charge in [-0.05, 0) is 34.1 Å². The van der Waals surface area contributed by atoms with Gasteiger partial charge in [0, 0.05) is 28.0 Å². The van der Waals surface area contributed by atoms with E-state index in [2.05, 4.69) is 41.9 Å². The van der Waals surface area contributed by atoms with Crippen LogP contribution in [0.3, 0.4) is 0 Å². The van der Waals surface area contributed by atoms with Gasteiger partial charge < -0.3 is 5.32 Å². The largest absolute Gasteiger partial charge is 0.355 e. The normalized spacial score (nSPS) is 11.7. The van der Waals surface area contributed by atoms with Crippen LogP contribution in [0.25, 0.3) is 0 Å². The number of amides is 1. The predicted molar refractivity (Wildman–Crippen MR) is 84.9 cm³/mol. The Labute approximate surface area is 135 Å². The lowest BCUT2D eigenvalue weighted by atomic mass is 10.2. The molecule has 0 fully saturated rings. The van der Waals surface area contributed by atoms with E-state index in [1.54, 1.807) is 26.0 Å². The van der Waals surface area contributed by atoms with Gasteiger partial charge in [0.25, 0.3) is 0 Å². The van der Waals surface area contributed by atoms with Gasteiger partial charge in [-0.3, -0.25) is 4.79 Å². The molecule has 1 rings (SSSR count). The average molecular weight is 428 g/mol. The molecule has 0 unspecified atom stereocenters. The van der Waals surface area contributed by atoms with Gasteiger partial charge in [0.15, 0.2) is 0 Å². The number of nitrogens with one attached hydrogen (secondary N) is 2. The number of sulfonamides is 1. The number of hydrogen-bond acceptors (Lipinski definition) is 3. The molecule has 0 radical (unpaired) electrons. The highest BCUT2D eigenvalue weighted by Crippen LogP contribution is 2.25. The number of halogens is 2. The Hall–Kier alpha value is -0.440. The SMILES string of the molecule is CC(C)C(=O)NCCNS(=O)(=O)c1ccc(Br)cc1Br. The minimum atomic E-state index is -3.59. The van der Waals surface area contributed by atoms with E-state index in [1.807, 2.05) is 0 Å². The third kappa shape index (κ3) is 5.16. The molecule has 0 saturated heterocycles. The summed E-state index contributed by atoms with van der Waals surface area (Å²) in [4.78, 5) is 11.5. The van der Waals surface area contributed by atoms with E-state index in [4.69, 9.17) is 0 Å². The molecular formula is C12H16Br2N2O3S. The van der Waals surface area contributed by atoms with E-state index in [1.165, 1.54) is 6.07 Å². The van der Waals surface area contributed by atoms with E-state index in [0.29, 0.717) is 4.47 Å². The Morgan fingerprint density at radius 3 is 2.45 bits per heavy atom. The minimum Gasteiger partial charge on any atom is -0.355 e. The van der Waals surface area contributed by atoms with Crippen LogP contribution in [0.1, 0.15) is 13.8 Å². The Bertz CT molecular complexity index is 588. The summed E-state index contributed by atoms with van der Waals surface area (Å²) in [6.45, 7) is 3.95. The van der Waals surface area contributed by atoms with Gasteiger partial charge in [0.2, 0.25) is 15.9 Å². The molecular weight excluding hydrogens is 412 g/mol. The van der Waals surface area contributed by atoms with Crippen LogP contribution in [0, 0.1) is 5.92 Å². The first-order valence-corrected chi connectivity index (χ1v) is 9.03. The molecule has 0 saturated carbocycles. The third-order valence-electron chi connectivity index (χ3n) is 2.42. The summed E-state index contributed by atoms with van der Waals surface area (Å²) in [7, 11) is -3.59. The van der Waals surface area contributed by atoms with Crippen molar-refractivity contribution >= 4 is 47.8 Å². The van der Waals surface area contributed by atoms with Crippen molar-refractivity contribution in [3.8, 4) is 0 Å². The fraction of sp³-hybridized carbons (Fsp3) is 0.417. The van der Waals surface area contributed by atoms with Gasteiger partial charge in [0.05, 0.1) is 4.90 Å². The standard InChI is InChI=1S/C12H16Br2N2O3S/c1-8(2)12(17)15-5-6-16-20(18,19)11-4-3-9(13)7-10(11)14/h3-4,7-8,16H,5-6H2,1-2H3,(H,15,17). The quantitative estimate of drug-likeness (QED) is 0.683. The molecule has 0 heterocycles. The highest BCUT2D eigenvalue weighted by Gasteiger charge is 2.17. The zero-order valence-corrected chi connectivity index (χ0v) is 15.1. The van der Waals surface area contributed by atoms with E-state index in [9.17, 15) is 13.2 Å². The Morgan fingerprint density at radius 1 is 1.25 bits per heavy atom.